The molecule has 3 rings (SSSR count). The third-order valence-electron chi connectivity index (χ3n) is 5.74. The van der Waals surface area contributed by atoms with Gasteiger partial charge in [-0.2, -0.15) is 31.3 Å². The number of nitrogens with zero attached hydrogens (tertiary/aromatic N) is 3. The summed E-state index contributed by atoms with van der Waals surface area (Å²) in [4.78, 5) is 23.1. The van der Waals surface area contributed by atoms with Crippen LogP contribution in [0.15, 0.2) is 24.3 Å². The second kappa shape index (κ2) is 10.3. The molecule has 1 saturated carbocycles. The SMILES string of the molecule is Cc1cc(N(C)C)nc(NC2CCC(NC(=O)Cc3cc(C(F)(F)F)cc(C(F)(F)F)c3)CC2)n1. The van der Waals surface area contributed by atoms with Crippen molar-refractivity contribution in [3.05, 3.63) is 46.6 Å². The van der Waals surface area contributed by atoms with Crippen LogP contribution in [0.5, 0.6) is 0 Å². The van der Waals surface area contributed by atoms with Crippen molar-refractivity contribution in [2.45, 2.75) is 63.5 Å². The van der Waals surface area contributed by atoms with E-state index in [2.05, 4.69) is 20.6 Å². The molecule has 1 aromatic carbocycles. The van der Waals surface area contributed by atoms with E-state index < -0.39 is 35.8 Å². The molecule has 1 aliphatic rings. The molecule has 2 N–H and O–H groups in total. The number of hydrogen-bond acceptors (Lipinski definition) is 5. The molecule has 1 aliphatic carbocycles. The molecular formula is C23H27F6N5O. The lowest BCUT2D eigenvalue weighted by atomic mass is 9.91. The van der Waals surface area contributed by atoms with Crippen LogP contribution in [0, 0.1) is 6.92 Å². The summed E-state index contributed by atoms with van der Waals surface area (Å²) in [6.07, 6.45) is -7.88. The summed E-state index contributed by atoms with van der Waals surface area (Å²) in [6.45, 7) is 1.87. The molecule has 1 fully saturated rings. The smallest absolute Gasteiger partial charge is 0.363 e. The maximum atomic E-state index is 13.0. The highest BCUT2D eigenvalue weighted by Gasteiger charge is 2.37. The number of aromatic nitrogens is 2. The number of amides is 1. The van der Waals surface area contributed by atoms with Crippen LogP contribution < -0.4 is 15.5 Å². The van der Waals surface area contributed by atoms with Crippen molar-refractivity contribution >= 4 is 17.7 Å². The molecule has 1 amide bonds. The fourth-order valence-corrected chi connectivity index (χ4v) is 4.00. The van der Waals surface area contributed by atoms with Gasteiger partial charge >= 0.3 is 12.4 Å². The summed E-state index contributed by atoms with van der Waals surface area (Å²) >= 11 is 0. The fraction of sp³-hybridized carbons (Fsp3) is 0.522. The van der Waals surface area contributed by atoms with Gasteiger partial charge in [0.25, 0.3) is 0 Å². The van der Waals surface area contributed by atoms with E-state index >= 15 is 0 Å². The van der Waals surface area contributed by atoms with Gasteiger partial charge in [-0.15, -0.1) is 0 Å². The highest BCUT2D eigenvalue weighted by atomic mass is 19.4. The monoisotopic (exact) mass is 503 g/mol. The summed E-state index contributed by atoms with van der Waals surface area (Å²) in [6, 6.07) is 2.94. The number of nitrogens with one attached hydrogen (secondary N) is 2. The minimum atomic E-state index is -4.95. The number of aryl methyl sites for hydroxylation is 1. The zero-order chi connectivity index (χ0) is 26.0. The van der Waals surface area contributed by atoms with Crippen molar-refractivity contribution in [3.8, 4) is 0 Å². The Bertz CT molecular complexity index is 1010. The number of rotatable bonds is 6. The number of carbonyl (C=O) groups excluding carboxylic acids is 1. The normalized spacial score (nSPS) is 18.8. The van der Waals surface area contributed by atoms with E-state index in [0.29, 0.717) is 43.8 Å². The maximum Gasteiger partial charge on any atom is 0.416 e. The van der Waals surface area contributed by atoms with Crippen LogP contribution in [0.3, 0.4) is 0 Å². The largest absolute Gasteiger partial charge is 0.416 e. The number of hydrogen-bond donors (Lipinski definition) is 2. The van der Waals surface area contributed by atoms with Crippen molar-refractivity contribution in [2.75, 3.05) is 24.3 Å². The molecule has 0 atom stereocenters. The first-order valence-electron chi connectivity index (χ1n) is 11.1. The van der Waals surface area contributed by atoms with Gasteiger partial charge in [0.05, 0.1) is 17.5 Å². The van der Waals surface area contributed by atoms with Crippen molar-refractivity contribution in [3.63, 3.8) is 0 Å². The summed E-state index contributed by atoms with van der Waals surface area (Å²) in [5.74, 6) is 0.655. The molecule has 0 unspecified atom stereocenters. The molecule has 6 nitrogen and oxygen atoms in total. The molecular weight excluding hydrogens is 476 g/mol. The molecule has 0 bridgehead atoms. The Balaban J connectivity index is 1.57. The van der Waals surface area contributed by atoms with E-state index in [4.69, 9.17) is 0 Å². The van der Waals surface area contributed by atoms with Crippen LogP contribution >= 0.6 is 0 Å². The van der Waals surface area contributed by atoms with Crippen molar-refractivity contribution < 1.29 is 31.1 Å². The first kappa shape index (κ1) is 26.6. The average Bonchev–Trinajstić information content (AvgIpc) is 2.73. The van der Waals surface area contributed by atoms with Gasteiger partial charge in [0, 0.05) is 37.9 Å². The van der Waals surface area contributed by atoms with Crippen LogP contribution in [-0.4, -0.2) is 42.1 Å². The lowest BCUT2D eigenvalue weighted by Gasteiger charge is -2.30. The Kier molecular flexibility index (Phi) is 7.80. The van der Waals surface area contributed by atoms with E-state index in [0.717, 1.165) is 11.5 Å². The minimum absolute atomic E-state index is 0.0507. The van der Waals surface area contributed by atoms with Crippen LogP contribution in [0.25, 0.3) is 0 Å². The van der Waals surface area contributed by atoms with Gasteiger partial charge in [-0.25, -0.2) is 4.98 Å². The van der Waals surface area contributed by atoms with Gasteiger partial charge in [-0.05, 0) is 56.4 Å². The molecule has 35 heavy (non-hydrogen) atoms. The van der Waals surface area contributed by atoms with E-state index in [1.54, 1.807) is 0 Å². The Hall–Kier alpha value is -3.05. The van der Waals surface area contributed by atoms with Crippen LogP contribution in [0.1, 0.15) is 48.1 Å². The predicted molar refractivity (Wildman–Crippen MR) is 119 cm³/mol. The lowest BCUT2D eigenvalue weighted by Crippen LogP contribution is -2.41. The number of carbonyl (C=O) groups is 1. The molecule has 0 spiro atoms. The summed E-state index contributed by atoms with van der Waals surface area (Å²) < 4.78 is 78.2. The third kappa shape index (κ3) is 7.46. The first-order chi connectivity index (χ1) is 16.2. The quantitative estimate of drug-likeness (QED) is 0.545. The topological polar surface area (TPSA) is 70.2 Å². The minimum Gasteiger partial charge on any atom is -0.363 e. The number of benzene rings is 1. The van der Waals surface area contributed by atoms with Gasteiger partial charge in [0.2, 0.25) is 11.9 Å². The van der Waals surface area contributed by atoms with Crippen molar-refractivity contribution in [2.24, 2.45) is 0 Å². The molecule has 2 aromatic rings. The van der Waals surface area contributed by atoms with Crippen LogP contribution in [-0.2, 0) is 23.6 Å². The molecule has 1 aromatic heterocycles. The van der Waals surface area contributed by atoms with E-state index in [1.165, 1.54) is 0 Å². The van der Waals surface area contributed by atoms with Gasteiger partial charge in [-0.3, -0.25) is 4.79 Å². The molecule has 192 valence electrons. The fourth-order valence-electron chi connectivity index (χ4n) is 4.00. The van der Waals surface area contributed by atoms with Gasteiger partial charge in [-0.1, -0.05) is 0 Å². The Morgan fingerprint density at radius 2 is 1.46 bits per heavy atom. The number of anilines is 2. The summed E-state index contributed by atoms with van der Waals surface area (Å²) in [5.41, 5.74) is -2.39. The highest BCUT2D eigenvalue weighted by Crippen LogP contribution is 2.36. The lowest BCUT2D eigenvalue weighted by molar-refractivity contribution is -0.143. The maximum absolute atomic E-state index is 13.0. The Morgan fingerprint density at radius 1 is 0.914 bits per heavy atom. The van der Waals surface area contributed by atoms with Gasteiger partial charge in [0.15, 0.2) is 0 Å². The van der Waals surface area contributed by atoms with Crippen LogP contribution in [0.2, 0.25) is 0 Å². The number of alkyl halides is 6. The Labute approximate surface area is 199 Å². The van der Waals surface area contributed by atoms with Crippen LogP contribution in [0.4, 0.5) is 38.1 Å². The van der Waals surface area contributed by atoms with E-state index in [-0.39, 0.29) is 23.7 Å². The average molecular weight is 503 g/mol. The van der Waals surface area contributed by atoms with Crippen molar-refractivity contribution in [1.29, 1.82) is 0 Å². The molecule has 0 radical (unpaired) electrons. The second-order valence-electron chi connectivity index (χ2n) is 8.94. The summed E-state index contributed by atoms with van der Waals surface area (Å²) in [5, 5.41) is 6.03. The second-order valence-corrected chi connectivity index (χ2v) is 8.94. The van der Waals surface area contributed by atoms with E-state index in [1.807, 2.05) is 32.0 Å². The van der Waals surface area contributed by atoms with Crippen molar-refractivity contribution in [1.82, 2.24) is 15.3 Å². The standard InChI is InChI=1S/C23H27F6N5O/c1-13-8-19(34(2)3)33-21(30-13)32-18-6-4-17(5-7-18)31-20(35)11-14-9-15(22(24,25)26)12-16(10-14)23(27,28)29/h8-10,12,17-18H,4-7,11H2,1-3H3,(H,31,35)(H,30,32,33). The Morgan fingerprint density at radius 3 is 1.97 bits per heavy atom. The molecule has 0 aliphatic heterocycles. The number of halogens is 6. The predicted octanol–water partition coefficient (Wildman–Crippen LogP) is 4.97. The molecule has 0 saturated heterocycles. The highest BCUT2D eigenvalue weighted by molar-refractivity contribution is 5.79. The molecule has 12 heteroatoms. The van der Waals surface area contributed by atoms with Gasteiger partial charge < -0.3 is 15.5 Å². The zero-order valence-corrected chi connectivity index (χ0v) is 19.5. The van der Waals surface area contributed by atoms with E-state index in [9.17, 15) is 31.1 Å². The van der Waals surface area contributed by atoms with Gasteiger partial charge in [0.1, 0.15) is 5.82 Å². The third-order valence-corrected chi connectivity index (χ3v) is 5.74. The first-order valence-corrected chi connectivity index (χ1v) is 11.1. The zero-order valence-electron chi connectivity index (χ0n) is 19.5. The molecule has 1 heterocycles. The summed E-state index contributed by atoms with van der Waals surface area (Å²) in [7, 11) is 3.76.